The summed E-state index contributed by atoms with van der Waals surface area (Å²) in [7, 11) is 1.55. The van der Waals surface area contributed by atoms with E-state index >= 15 is 0 Å². The molecule has 0 fully saturated rings. The second-order valence-corrected chi connectivity index (χ2v) is 4.03. The van der Waals surface area contributed by atoms with Gasteiger partial charge in [-0.2, -0.15) is 9.78 Å². The van der Waals surface area contributed by atoms with Crippen LogP contribution in [-0.4, -0.2) is 37.7 Å². The summed E-state index contributed by atoms with van der Waals surface area (Å²) in [5.74, 6) is 1.28. The highest BCUT2D eigenvalue weighted by atomic mass is 16.1. The van der Waals surface area contributed by atoms with Gasteiger partial charge in [-0.15, -0.1) is 0 Å². The standard InChI is InChI=1S/C11H14N6O/c1-7(2)10-15-6-16-17(10)9-4-8(11(18)12-3)13-5-14-9/h4-7H,1-3H3,(H,12,18). The zero-order valence-corrected chi connectivity index (χ0v) is 10.5. The van der Waals surface area contributed by atoms with Crippen molar-refractivity contribution in [3.63, 3.8) is 0 Å². The molecule has 0 spiro atoms. The van der Waals surface area contributed by atoms with Gasteiger partial charge in [-0.25, -0.2) is 15.0 Å². The van der Waals surface area contributed by atoms with E-state index in [2.05, 4.69) is 25.4 Å². The Kier molecular flexibility index (Phi) is 3.31. The number of nitrogens with one attached hydrogen (secondary N) is 1. The molecule has 18 heavy (non-hydrogen) atoms. The fourth-order valence-corrected chi connectivity index (χ4v) is 1.54. The molecule has 2 aromatic heterocycles. The van der Waals surface area contributed by atoms with E-state index in [1.165, 1.54) is 12.7 Å². The summed E-state index contributed by atoms with van der Waals surface area (Å²) in [4.78, 5) is 23.7. The molecule has 0 saturated heterocycles. The molecule has 0 unspecified atom stereocenters. The number of hydrogen-bond donors (Lipinski definition) is 1. The molecule has 0 aliphatic carbocycles. The summed E-state index contributed by atoms with van der Waals surface area (Å²) in [5, 5.41) is 6.63. The van der Waals surface area contributed by atoms with E-state index in [9.17, 15) is 4.79 Å². The van der Waals surface area contributed by atoms with Gasteiger partial charge >= 0.3 is 0 Å². The Balaban J connectivity index is 2.45. The smallest absolute Gasteiger partial charge is 0.269 e. The average Bonchev–Trinajstić information content (AvgIpc) is 2.87. The van der Waals surface area contributed by atoms with Gasteiger partial charge in [0.25, 0.3) is 5.91 Å². The predicted octanol–water partition coefficient (Wildman–Crippen LogP) is 0.540. The van der Waals surface area contributed by atoms with Gasteiger partial charge in [-0.05, 0) is 0 Å². The lowest BCUT2D eigenvalue weighted by atomic mass is 10.2. The second-order valence-electron chi connectivity index (χ2n) is 4.03. The van der Waals surface area contributed by atoms with Gasteiger partial charge in [0, 0.05) is 19.0 Å². The quantitative estimate of drug-likeness (QED) is 0.854. The van der Waals surface area contributed by atoms with Crippen molar-refractivity contribution in [2.45, 2.75) is 19.8 Å². The number of amides is 1. The first kappa shape index (κ1) is 12.2. The first-order valence-corrected chi connectivity index (χ1v) is 5.58. The molecule has 1 amide bonds. The number of nitrogens with zero attached hydrogens (tertiary/aromatic N) is 5. The SMILES string of the molecule is CNC(=O)c1cc(-n2ncnc2C(C)C)ncn1. The first-order valence-electron chi connectivity index (χ1n) is 5.58. The Morgan fingerprint density at radius 2 is 2.06 bits per heavy atom. The van der Waals surface area contributed by atoms with E-state index in [1.807, 2.05) is 13.8 Å². The average molecular weight is 246 g/mol. The second kappa shape index (κ2) is 4.91. The number of carbonyl (C=O) groups is 1. The minimum atomic E-state index is -0.259. The summed E-state index contributed by atoms with van der Waals surface area (Å²) in [6.45, 7) is 4.03. The molecule has 1 N–H and O–H groups in total. The van der Waals surface area contributed by atoms with Gasteiger partial charge in [0.1, 0.15) is 24.2 Å². The molecule has 0 saturated carbocycles. The molecule has 7 nitrogen and oxygen atoms in total. The van der Waals surface area contributed by atoms with Gasteiger partial charge < -0.3 is 5.32 Å². The largest absolute Gasteiger partial charge is 0.354 e. The van der Waals surface area contributed by atoms with Crippen LogP contribution >= 0.6 is 0 Å². The Morgan fingerprint density at radius 3 is 2.72 bits per heavy atom. The topological polar surface area (TPSA) is 85.6 Å². The van der Waals surface area contributed by atoms with Gasteiger partial charge in [0.05, 0.1) is 0 Å². The Labute approximate surface area is 104 Å². The molecule has 7 heteroatoms. The molecule has 0 aliphatic heterocycles. The first-order chi connectivity index (χ1) is 8.63. The normalized spacial score (nSPS) is 10.7. The maximum atomic E-state index is 11.5. The molecule has 0 atom stereocenters. The molecule has 2 heterocycles. The maximum Gasteiger partial charge on any atom is 0.269 e. The van der Waals surface area contributed by atoms with E-state index in [0.29, 0.717) is 11.5 Å². The number of hydrogen-bond acceptors (Lipinski definition) is 5. The summed E-state index contributed by atoms with van der Waals surface area (Å²) in [5.41, 5.74) is 0.299. The van der Waals surface area contributed by atoms with Gasteiger partial charge in [0.2, 0.25) is 0 Å². The zero-order chi connectivity index (χ0) is 13.1. The van der Waals surface area contributed by atoms with Crippen LogP contribution in [0.2, 0.25) is 0 Å². The van der Waals surface area contributed by atoms with E-state index < -0.39 is 0 Å². The van der Waals surface area contributed by atoms with E-state index in [-0.39, 0.29) is 11.8 Å². The van der Waals surface area contributed by atoms with Crippen molar-refractivity contribution in [2.24, 2.45) is 0 Å². The number of carbonyl (C=O) groups excluding carboxylic acids is 1. The highest BCUT2D eigenvalue weighted by Crippen LogP contribution is 2.14. The van der Waals surface area contributed by atoms with Crippen LogP contribution in [0, 0.1) is 0 Å². The zero-order valence-electron chi connectivity index (χ0n) is 10.5. The summed E-state index contributed by atoms with van der Waals surface area (Å²) >= 11 is 0. The van der Waals surface area contributed by atoms with Gasteiger partial charge in [-0.1, -0.05) is 13.8 Å². The molecule has 0 aliphatic rings. The summed E-state index contributed by atoms with van der Waals surface area (Å²) in [6.07, 6.45) is 2.81. The fourth-order valence-electron chi connectivity index (χ4n) is 1.54. The van der Waals surface area contributed by atoms with Crippen molar-refractivity contribution in [2.75, 3.05) is 7.05 Å². The van der Waals surface area contributed by atoms with Crippen LogP contribution in [0.4, 0.5) is 0 Å². The molecule has 0 aromatic carbocycles. The summed E-state index contributed by atoms with van der Waals surface area (Å²) in [6, 6.07) is 1.58. The van der Waals surface area contributed by atoms with Crippen LogP contribution in [0.3, 0.4) is 0 Å². The van der Waals surface area contributed by atoms with Crippen LogP contribution in [0.1, 0.15) is 36.1 Å². The number of aromatic nitrogens is 5. The Bertz CT molecular complexity index is 562. The molecular formula is C11H14N6O. The molecule has 0 radical (unpaired) electrons. The summed E-state index contributed by atoms with van der Waals surface area (Å²) < 4.78 is 1.61. The van der Waals surface area contributed by atoms with Gasteiger partial charge in [-0.3, -0.25) is 4.79 Å². The minimum absolute atomic E-state index is 0.214. The molecular weight excluding hydrogens is 232 g/mol. The molecule has 2 rings (SSSR count). The van der Waals surface area contributed by atoms with Crippen molar-refractivity contribution in [3.8, 4) is 5.82 Å². The monoisotopic (exact) mass is 246 g/mol. The highest BCUT2D eigenvalue weighted by molar-refractivity contribution is 5.92. The van der Waals surface area contributed by atoms with Crippen LogP contribution in [0.25, 0.3) is 5.82 Å². The lowest BCUT2D eigenvalue weighted by molar-refractivity contribution is 0.0958. The maximum absolute atomic E-state index is 11.5. The number of rotatable bonds is 3. The molecule has 94 valence electrons. The molecule has 2 aromatic rings. The third-order valence-electron chi connectivity index (χ3n) is 2.42. The van der Waals surface area contributed by atoms with Gasteiger partial charge in [0.15, 0.2) is 5.82 Å². The van der Waals surface area contributed by atoms with Crippen LogP contribution < -0.4 is 5.32 Å². The molecule has 0 bridgehead atoms. The lowest BCUT2D eigenvalue weighted by Gasteiger charge is -2.07. The predicted molar refractivity (Wildman–Crippen MR) is 64.4 cm³/mol. The highest BCUT2D eigenvalue weighted by Gasteiger charge is 2.13. The van der Waals surface area contributed by atoms with Crippen molar-refractivity contribution < 1.29 is 4.79 Å². The van der Waals surface area contributed by atoms with Crippen molar-refractivity contribution in [3.05, 3.63) is 30.2 Å². The van der Waals surface area contributed by atoms with Crippen LogP contribution in [0.5, 0.6) is 0 Å². The Hall–Kier alpha value is -2.31. The van der Waals surface area contributed by atoms with Crippen molar-refractivity contribution >= 4 is 5.91 Å². The Morgan fingerprint density at radius 1 is 1.28 bits per heavy atom. The third kappa shape index (κ3) is 2.20. The van der Waals surface area contributed by atoms with Crippen molar-refractivity contribution in [1.29, 1.82) is 0 Å². The minimum Gasteiger partial charge on any atom is -0.354 e. The lowest BCUT2D eigenvalue weighted by Crippen LogP contribution is -2.20. The fraction of sp³-hybridized carbons (Fsp3) is 0.364. The van der Waals surface area contributed by atoms with E-state index in [4.69, 9.17) is 0 Å². The van der Waals surface area contributed by atoms with E-state index in [1.54, 1.807) is 17.8 Å². The van der Waals surface area contributed by atoms with Crippen molar-refractivity contribution in [1.82, 2.24) is 30.0 Å². The van der Waals surface area contributed by atoms with Crippen LogP contribution in [-0.2, 0) is 0 Å². The third-order valence-corrected chi connectivity index (χ3v) is 2.42. The van der Waals surface area contributed by atoms with E-state index in [0.717, 1.165) is 5.82 Å². The van der Waals surface area contributed by atoms with Crippen LogP contribution in [0.15, 0.2) is 18.7 Å².